The predicted molar refractivity (Wildman–Crippen MR) is 79.0 cm³/mol. The van der Waals surface area contributed by atoms with E-state index in [1.165, 1.54) is 6.07 Å². The van der Waals surface area contributed by atoms with Gasteiger partial charge in [0, 0.05) is 7.05 Å². The van der Waals surface area contributed by atoms with Crippen LogP contribution in [0.4, 0.5) is 19.0 Å². The monoisotopic (exact) mass is 321 g/mol. The van der Waals surface area contributed by atoms with Gasteiger partial charge in [0.2, 0.25) is 0 Å². The molecule has 0 saturated carbocycles. The summed E-state index contributed by atoms with van der Waals surface area (Å²) in [5.41, 5.74) is 1.10. The van der Waals surface area contributed by atoms with Crippen LogP contribution in [0.5, 0.6) is 0 Å². The Morgan fingerprint density at radius 1 is 1.04 bits per heavy atom. The van der Waals surface area contributed by atoms with Crippen molar-refractivity contribution in [1.82, 2.24) is 19.8 Å². The quantitative estimate of drug-likeness (QED) is 0.742. The second-order valence-electron chi connectivity index (χ2n) is 5.18. The van der Waals surface area contributed by atoms with Gasteiger partial charge in [0.05, 0.1) is 6.04 Å². The van der Waals surface area contributed by atoms with Crippen molar-refractivity contribution in [2.24, 2.45) is 0 Å². The second-order valence-corrected chi connectivity index (χ2v) is 5.18. The number of rotatable bonds is 3. The van der Waals surface area contributed by atoms with Gasteiger partial charge in [0.1, 0.15) is 5.82 Å². The molecule has 0 radical (unpaired) electrons. The topological polar surface area (TPSA) is 46.3 Å². The number of benzene rings is 1. The third kappa shape index (κ3) is 2.84. The van der Waals surface area contributed by atoms with Crippen LogP contribution in [0.15, 0.2) is 42.5 Å². The molecule has 2 heterocycles. The number of hydrogen-bond acceptors (Lipinski definition) is 4. The van der Waals surface area contributed by atoms with E-state index in [1.54, 1.807) is 18.0 Å². The smallest absolute Gasteiger partial charge is 0.351 e. The number of nitrogens with zero attached hydrogens (tertiary/aromatic N) is 5. The highest BCUT2D eigenvalue weighted by Gasteiger charge is 2.37. The van der Waals surface area contributed by atoms with E-state index in [-0.39, 0.29) is 11.7 Å². The number of aromatic nitrogens is 4. The Balaban J connectivity index is 1.99. The fraction of sp³-hybridized carbons (Fsp3) is 0.267. The highest BCUT2D eigenvalue weighted by atomic mass is 19.4. The first kappa shape index (κ1) is 15.3. The van der Waals surface area contributed by atoms with Crippen LogP contribution in [-0.2, 0) is 6.18 Å². The molecule has 0 fully saturated rings. The lowest BCUT2D eigenvalue weighted by molar-refractivity contribution is -0.146. The average molecular weight is 321 g/mol. The van der Waals surface area contributed by atoms with Crippen LogP contribution in [0.3, 0.4) is 0 Å². The Morgan fingerprint density at radius 2 is 1.74 bits per heavy atom. The molecule has 2 aromatic heterocycles. The standard InChI is InChI=1S/C15H14F3N5/c1-10(11-6-4-3-5-7-11)22(2)13-9-8-12-19-20-14(15(16,17)18)23(12)21-13/h3-10H,1-2H3. The summed E-state index contributed by atoms with van der Waals surface area (Å²) in [6.07, 6.45) is -4.60. The molecule has 5 nitrogen and oxygen atoms in total. The fourth-order valence-electron chi connectivity index (χ4n) is 2.30. The minimum atomic E-state index is -4.60. The van der Waals surface area contributed by atoms with Crippen molar-refractivity contribution < 1.29 is 13.2 Å². The fourth-order valence-corrected chi connectivity index (χ4v) is 2.30. The van der Waals surface area contributed by atoms with E-state index in [1.807, 2.05) is 37.3 Å². The molecule has 23 heavy (non-hydrogen) atoms. The third-order valence-corrected chi connectivity index (χ3v) is 3.73. The van der Waals surface area contributed by atoms with E-state index >= 15 is 0 Å². The molecule has 0 spiro atoms. The van der Waals surface area contributed by atoms with Gasteiger partial charge in [-0.15, -0.1) is 15.3 Å². The van der Waals surface area contributed by atoms with Crippen molar-refractivity contribution in [2.45, 2.75) is 19.1 Å². The molecule has 0 N–H and O–H groups in total. The maximum Gasteiger partial charge on any atom is 0.453 e. The van der Waals surface area contributed by atoms with Gasteiger partial charge < -0.3 is 4.90 Å². The maximum atomic E-state index is 12.9. The van der Waals surface area contributed by atoms with Crippen LogP contribution < -0.4 is 4.90 Å². The minimum absolute atomic E-state index is 0.0491. The van der Waals surface area contributed by atoms with E-state index in [9.17, 15) is 13.2 Å². The maximum absolute atomic E-state index is 12.9. The van der Waals surface area contributed by atoms with E-state index < -0.39 is 12.0 Å². The Hall–Kier alpha value is -2.64. The number of anilines is 1. The number of fused-ring (bicyclic) bond motifs is 1. The summed E-state index contributed by atoms with van der Waals surface area (Å²) >= 11 is 0. The molecule has 0 saturated heterocycles. The molecule has 1 atom stereocenters. The van der Waals surface area contributed by atoms with Gasteiger partial charge in [-0.25, -0.2) is 0 Å². The Morgan fingerprint density at radius 3 is 2.39 bits per heavy atom. The van der Waals surface area contributed by atoms with Gasteiger partial charge >= 0.3 is 6.18 Å². The van der Waals surface area contributed by atoms with Crippen LogP contribution in [0.1, 0.15) is 24.4 Å². The lowest BCUT2D eigenvalue weighted by atomic mass is 10.1. The molecule has 1 aromatic carbocycles. The van der Waals surface area contributed by atoms with Crippen molar-refractivity contribution in [2.75, 3.05) is 11.9 Å². The molecule has 3 aromatic rings. The van der Waals surface area contributed by atoms with Crippen LogP contribution in [-0.4, -0.2) is 26.9 Å². The lowest BCUT2D eigenvalue weighted by Crippen LogP contribution is -2.24. The Labute approximate surface area is 130 Å². The van der Waals surface area contributed by atoms with Gasteiger partial charge in [0.25, 0.3) is 5.82 Å². The highest BCUT2D eigenvalue weighted by Crippen LogP contribution is 2.29. The molecule has 0 aliphatic heterocycles. The van der Waals surface area contributed by atoms with Crippen LogP contribution >= 0.6 is 0 Å². The molecule has 0 bridgehead atoms. The summed E-state index contributed by atoms with van der Waals surface area (Å²) in [6.45, 7) is 1.96. The molecule has 120 valence electrons. The normalized spacial score (nSPS) is 13.3. The number of hydrogen-bond donors (Lipinski definition) is 0. The molecular weight excluding hydrogens is 307 g/mol. The third-order valence-electron chi connectivity index (χ3n) is 3.73. The number of halogens is 3. The zero-order valence-electron chi connectivity index (χ0n) is 12.5. The minimum Gasteiger partial charge on any atom is -0.351 e. The van der Waals surface area contributed by atoms with Crippen molar-refractivity contribution in [3.8, 4) is 0 Å². The van der Waals surface area contributed by atoms with E-state index in [0.29, 0.717) is 5.82 Å². The summed E-state index contributed by atoms with van der Waals surface area (Å²) in [5, 5.41) is 10.7. The van der Waals surface area contributed by atoms with Crippen molar-refractivity contribution in [1.29, 1.82) is 0 Å². The van der Waals surface area contributed by atoms with Gasteiger partial charge in [0.15, 0.2) is 5.65 Å². The molecular formula is C15H14F3N5. The zero-order valence-corrected chi connectivity index (χ0v) is 12.5. The molecule has 8 heteroatoms. The summed E-state index contributed by atoms with van der Waals surface area (Å²) in [4.78, 5) is 1.80. The largest absolute Gasteiger partial charge is 0.453 e. The first-order chi connectivity index (χ1) is 10.9. The summed E-state index contributed by atoms with van der Waals surface area (Å²) < 4.78 is 39.5. The zero-order chi connectivity index (χ0) is 16.6. The Kier molecular flexibility index (Phi) is 3.67. The molecule has 3 rings (SSSR count). The van der Waals surface area contributed by atoms with E-state index in [2.05, 4.69) is 15.3 Å². The van der Waals surface area contributed by atoms with Crippen molar-refractivity contribution >= 4 is 11.5 Å². The summed E-state index contributed by atoms with van der Waals surface area (Å²) in [6, 6.07) is 12.7. The first-order valence-corrected chi connectivity index (χ1v) is 6.95. The van der Waals surface area contributed by atoms with Crippen LogP contribution in [0.25, 0.3) is 5.65 Å². The summed E-state index contributed by atoms with van der Waals surface area (Å²) in [7, 11) is 1.78. The predicted octanol–water partition coefficient (Wildman–Crippen LogP) is 3.34. The van der Waals surface area contributed by atoms with E-state index in [0.717, 1.165) is 10.1 Å². The lowest BCUT2D eigenvalue weighted by Gasteiger charge is -2.26. The van der Waals surface area contributed by atoms with Crippen LogP contribution in [0, 0.1) is 0 Å². The van der Waals surface area contributed by atoms with Gasteiger partial charge in [-0.1, -0.05) is 30.3 Å². The molecule has 0 aliphatic rings. The van der Waals surface area contributed by atoms with Gasteiger partial charge in [-0.2, -0.15) is 17.7 Å². The second kappa shape index (κ2) is 5.53. The highest BCUT2D eigenvalue weighted by molar-refractivity contribution is 5.47. The molecule has 0 aliphatic carbocycles. The number of alkyl halides is 3. The summed E-state index contributed by atoms with van der Waals surface area (Å²) in [5.74, 6) is -0.728. The molecule has 0 amide bonds. The van der Waals surface area contributed by atoms with Crippen LogP contribution in [0.2, 0.25) is 0 Å². The van der Waals surface area contributed by atoms with E-state index in [4.69, 9.17) is 0 Å². The first-order valence-electron chi connectivity index (χ1n) is 6.95. The molecule has 1 unspecified atom stereocenters. The Bertz CT molecular complexity index is 813. The van der Waals surface area contributed by atoms with Gasteiger partial charge in [-0.05, 0) is 24.6 Å². The SMILES string of the molecule is CC(c1ccccc1)N(C)c1ccc2nnc(C(F)(F)F)n2n1. The van der Waals surface area contributed by atoms with Gasteiger partial charge in [-0.3, -0.25) is 0 Å². The van der Waals surface area contributed by atoms with Crippen molar-refractivity contribution in [3.05, 3.63) is 53.9 Å². The average Bonchev–Trinajstić information content (AvgIpc) is 2.97. The van der Waals surface area contributed by atoms with Crippen molar-refractivity contribution in [3.63, 3.8) is 0 Å².